The molecule has 1 N–H and O–H groups in total. The van der Waals surface area contributed by atoms with E-state index in [0.717, 1.165) is 23.7 Å². The van der Waals surface area contributed by atoms with E-state index in [9.17, 15) is 0 Å². The average Bonchev–Trinajstić information content (AvgIpc) is 2.27. The molecule has 0 aromatic heterocycles. The van der Waals surface area contributed by atoms with Gasteiger partial charge in [-0.05, 0) is 34.5 Å². The van der Waals surface area contributed by atoms with E-state index in [1.54, 1.807) is 12.1 Å². The van der Waals surface area contributed by atoms with Crippen LogP contribution in [-0.2, 0) is 0 Å². The summed E-state index contributed by atoms with van der Waals surface area (Å²) in [6.07, 6.45) is 4.60. The summed E-state index contributed by atoms with van der Waals surface area (Å²) in [4.78, 5) is 0. The minimum atomic E-state index is 0.563. The van der Waals surface area contributed by atoms with Crippen LogP contribution in [0.15, 0.2) is 21.8 Å². The average molecular weight is 321 g/mol. The molecule has 0 heterocycles. The first-order valence-corrected chi connectivity index (χ1v) is 6.65. The lowest BCUT2D eigenvalue weighted by molar-refractivity contribution is 0.302. The second-order valence-electron chi connectivity index (χ2n) is 3.61. The van der Waals surface area contributed by atoms with Crippen molar-refractivity contribution in [3.63, 3.8) is 0 Å². The minimum absolute atomic E-state index is 0.563. The second-order valence-corrected chi connectivity index (χ2v) is 4.90. The molecular weight excluding hydrogens is 305 g/mol. The van der Waals surface area contributed by atoms with Crippen molar-refractivity contribution in [1.82, 2.24) is 0 Å². The van der Waals surface area contributed by atoms with Gasteiger partial charge in [-0.3, -0.25) is 0 Å². The lowest BCUT2D eigenvalue weighted by Gasteiger charge is -2.11. The van der Waals surface area contributed by atoms with Crippen LogP contribution in [0.3, 0.4) is 0 Å². The summed E-state index contributed by atoms with van der Waals surface area (Å²) in [5.74, 6) is 0.656. The fourth-order valence-electron chi connectivity index (χ4n) is 1.42. The van der Waals surface area contributed by atoms with Crippen molar-refractivity contribution in [1.29, 1.82) is 0 Å². The zero-order valence-electron chi connectivity index (χ0n) is 9.62. The van der Waals surface area contributed by atoms with Gasteiger partial charge in [0.05, 0.1) is 17.3 Å². The Labute approximate surface area is 115 Å². The number of rotatable bonds is 6. The van der Waals surface area contributed by atoms with Gasteiger partial charge >= 0.3 is 0 Å². The molecule has 0 spiro atoms. The molecule has 3 nitrogen and oxygen atoms in total. The number of hydrogen-bond donors (Lipinski definition) is 1. The Hall–Kier alpha value is -0.740. The highest BCUT2D eigenvalue weighted by molar-refractivity contribution is 9.10. The monoisotopic (exact) mass is 319 g/mol. The molecule has 0 unspecified atom stereocenters. The van der Waals surface area contributed by atoms with Crippen molar-refractivity contribution in [3.8, 4) is 5.75 Å². The smallest absolute Gasteiger partial charge is 0.142 e. The maximum atomic E-state index is 8.59. The van der Waals surface area contributed by atoms with Crippen LogP contribution in [0.25, 0.3) is 0 Å². The molecule has 0 saturated carbocycles. The zero-order valence-corrected chi connectivity index (χ0v) is 12.0. The molecule has 0 aliphatic carbocycles. The molecule has 5 heteroatoms. The van der Waals surface area contributed by atoms with Crippen molar-refractivity contribution >= 4 is 33.7 Å². The maximum absolute atomic E-state index is 8.59. The number of halogens is 2. The first-order valence-electron chi connectivity index (χ1n) is 5.48. The molecule has 0 bridgehead atoms. The van der Waals surface area contributed by atoms with Crippen molar-refractivity contribution in [2.24, 2.45) is 5.16 Å². The highest BCUT2D eigenvalue weighted by Gasteiger charge is 2.09. The van der Waals surface area contributed by atoms with E-state index in [2.05, 4.69) is 28.0 Å². The topological polar surface area (TPSA) is 41.8 Å². The summed E-state index contributed by atoms with van der Waals surface area (Å²) in [5, 5.41) is 12.2. The molecule has 94 valence electrons. The summed E-state index contributed by atoms with van der Waals surface area (Å²) in [5.41, 5.74) is 0.656. The Morgan fingerprint density at radius 1 is 1.47 bits per heavy atom. The Kier molecular flexibility index (Phi) is 6.37. The van der Waals surface area contributed by atoms with E-state index in [1.165, 1.54) is 6.21 Å². The zero-order chi connectivity index (χ0) is 12.7. The number of unbranched alkanes of at least 4 members (excludes halogenated alkanes) is 2. The molecule has 1 aromatic carbocycles. The lowest BCUT2D eigenvalue weighted by Crippen LogP contribution is -2.01. The Balaban J connectivity index is 2.81. The van der Waals surface area contributed by atoms with Crippen molar-refractivity contribution in [3.05, 3.63) is 27.2 Å². The molecule has 17 heavy (non-hydrogen) atoms. The van der Waals surface area contributed by atoms with Crippen LogP contribution in [-0.4, -0.2) is 18.0 Å². The molecule has 0 aliphatic rings. The van der Waals surface area contributed by atoms with Crippen LogP contribution in [0, 0.1) is 0 Å². The van der Waals surface area contributed by atoms with E-state index in [0.29, 0.717) is 22.9 Å². The molecule has 1 rings (SSSR count). The summed E-state index contributed by atoms with van der Waals surface area (Å²) in [6.45, 7) is 2.78. The molecule has 0 radical (unpaired) electrons. The van der Waals surface area contributed by atoms with E-state index >= 15 is 0 Å². The Morgan fingerprint density at radius 2 is 2.24 bits per heavy atom. The standard InChI is InChI=1S/C12H15BrClNO2/c1-2-3-4-5-17-12-9(8-15-16)6-10(14)7-11(12)13/h6-8,16H,2-5H2,1H3/b15-8+. The predicted molar refractivity (Wildman–Crippen MR) is 73.6 cm³/mol. The van der Waals surface area contributed by atoms with Crippen molar-refractivity contribution in [2.75, 3.05) is 6.61 Å². The van der Waals surface area contributed by atoms with E-state index in [-0.39, 0.29) is 0 Å². The molecule has 0 amide bonds. The van der Waals surface area contributed by atoms with Gasteiger partial charge in [0.1, 0.15) is 5.75 Å². The molecule has 0 atom stereocenters. The molecular formula is C12H15BrClNO2. The third kappa shape index (κ3) is 4.56. The molecule has 0 aliphatic heterocycles. The number of nitrogens with zero attached hydrogens (tertiary/aromatic N) is 1. The van der Waals surface area contributed by atoms with Crippen LogP contribution < -0.4 is 4.74 Å². The summed E-state index contributed by atoms with van der Waals surface area (Å²) < 4.78 is 6.43. The van der Waals surface area contributed by atoms with Gasteiger partial charge in [-0.25, -0.2) is 0 Å². The minimum Gasteiger partial charge on any atom is -0.492 e. The van der Waals surface area contributed by atoms with E-state index in [1.807, 2.05) is 0 Å². The summed E-state index contributed by atoms with van der Waals surface area (Å²) >= 11 is 9.30. The first-order chi connectivity index (χ1) is 8.19. The van der Waals surface area contributed by atoms with Gasteiger partial charge in [0.2, 0.25) is 0 Å². The number of benzene rings is 1. The van der Waals surface area contributed by atoms with Gasteiger partial charge in [-0.1, -0.05) is 36.5 Å². The maximum Gasteiger partial charge on any atom is 0.142 e. The van der Waals surface area contributed by atoms with Gasteiger partial charge in [-0.2, -0.15) is 0 Å². The van der Waals surface area contributed by atoms with Gasteiger partial charge in [0, 0.05) is 10.6 Å². The Morgan fingerprint density at radius 3 is 2.88 bits per heavy atom. The number of hydrogen-bond acceptors (Lipinski definition) is 3. The van der Waals surface area contributed by atoms with Crippen LogP contribution in [0.1, 0.15) is 31.7 Å². The summed E-state index contributed by atoms with van der Waals surface area (Å²) in [7, 11) is 0. The van der Waals surface area contributed by atoms with Gasteiger partial charge < -0.3 is 9.94 Å². The lowest BCUT2D eigenvalue weighted by atomic mass is 10.2. The van der Waals surface area contributed by atoms with E-state index in [4.69, 9.17) is 21.5 Å². The van der Waals surface area contributed by atoms with Crippen LogP contribution in [0.2, 0.25) is 5.02 Å². The first kappa shape index (κ1) is 14.3. The van der Waals surface area contributed by atoms with Crippen molar-refractivity contribution < 1.29 is 9.94 Å². The highest BCUT2D eigenvalue weighted by atomic mass is 79.9. The SMILES string of the molecule is CCCCCOc1c(Br)cc(Cl)cc1/C=N/O. The molecule has 1 aromatic rings. The third-order valence-corrected chi connectivity index (χ3v) is 3.04. The fraction of sp³-hybridized carbons (Fsp3) is 0.417. The third-order valence-electron chi connectivity index (χ3n) is 2.23. The number of ether oxygens (including phenoxy) is 1. The van der Waals surface area contributed by atoms with E-state index < -0.39 is 0 Å². The highest BCUT2D eigenvalue weighted by Crippen LogP contribution is 2.32. The van der Waals surface area contributed by atoms with Crippen LogP contribution >= 0.6 is 27.5 Å². The van der Waals surface area contributed by atoms with Gasteiger partial charge in [0.25, 0.3) is 0 Å². The van der Waals surface area contributed by atoms with Crippen molar-refractivity contribution in [2.45, 2.75) is 26.2 Å². The predicted octanol–water partition coefficient (Wildman–Crippen LogP) is 4.48. The van der Waals surface area contributed by atoms with Gasteiger partial charge in [-0.15, -0.1) is 0 Å². The molecule has 0 saturated heterocycles. The van der Waals surface area contributed by atoms with Crippen LogP contribution in [0.5, 0.6) is 5.75 Å². The second kappa shape index (κ2) is 7.56. The number of oxime groups is 1. The summed E-state index contributed by atoms with van der Waals surface area (Å²) in [6, 6.07) is 3.45. The fourth-order valence-corrected chi connectivity index (χ4v) is 2.37. The van der Waals surface area contributed by atoms with Crippen LogP contribution in [0.4, 0.5) is 0 Å². The normalized spacial score (nSPS) is 11.0. The molecule has 0 fully saturated rings. The van der Waals surface area contributed by atoms with Gasteiger partial charge in [0.15, 0.2) is 0 Å². The largest absolute Gasteiger partial charge is 0.492 e. The Bertz CT molecular complexity index is 396. The quantitative estimate of drug-likeness (QED) is 0.363.